The highest BCUT2D eigenvalue weighted by Gasteiger charge is 2.13. The molecule has 1 aromatic carbocycles. The Labute approximate surface area is 114 Å². The van der Waals surface area contributed by atoms with Crippen molar-refractivity contribution in [3.63, 3.8) is 0 Å². The molecule has 0 unspecified atom stereocenters. The predicted octanol–water partition coefficient (Wildman–Crippen LogP) is 1.57. The summed E-state index contributed by atoms with van der Waals surface area (Å²) in [5.41, 5.74) is 1.07. The van der Waals surface area contributed by atoms with E-state index in [4.69, 9.17) is 19.3 Å². The first kappa shape index (κ1) is 15.6. The summed E-state index contributed by atoms with van der Waals surface area (Å²) >= 11 is 0. The van der Waals surface area contributed by atoms with Crippen LogP contribution in [-0.2, 0) is 6.54 Å². The van der Waals surface area contributed by atoms with Gasteiger partial charge in [0, 0.05) is 6.54 Å². The fraction of sp³-hybridized carbons (Fsp3) is 0.571. The topological polar surface area (TPSA) is 60.0 Å². The quantitative estimate of drug-likeness (QED) is 0.666. The first-order valence-corrected chi connectivity index (χ1v) is 6.46. The molecule has 108 valence electrons. The number of methoxy groups -OCH3 is 2. The van der Waals surface area contributed by atoms with Crippen LogP contribution in [0.4, 0.5) is 0 Å². The van der Waals surface area contributed by atoms with Crippen LogP contribution in [0.5, 0.6) is 17.2 Å². The number of ether oxygens (including phenoxy) is 3. The van der Waals surface area contributed by atoms with Crippen molar-refractivity contribution in [1.29, 1.82) is 0 Å². The number of aliphatic hydroxyl groups excluding tert-OH is 1. The zero-order chi connectivity index (χ0) is 14.1. The third-order valence-electron chi connectivity index (χ3n) is 2.61. The summed E-state index contributed by atoms with van der Waals surface area (Å²) in [4.78, 5) is 0. The predicted molar refractivity (Wildman–Crippen MR) is 74.1 cm³/mol. The zero-order valence-corrected chi connectivity index (χ0v) is 11.9. The molecule has 5 heteroatoms. The Hall–Kier alpha value is -1.46. The van der Waals surface area contributed by atoms with Gasteiger partial charge in [-0.05, 0) is 30.7 Å². The lowest BCUT2D eigenvalue weighted by molar-refractivity contribution is 0.191. The van der Waals surface area contributed by atoms with Crippen LogP contribution < -0.4 is 19.5 Å². The van der Waals surface area contributed by atoms with Crippen LogP contribution in [0, 0.1) is 0 Å². The molecule has 0 fully saturated rings. The van der Waals surface area contributed by atoms with Crippen LogP contribution in [0.1, 0.15) is 18.9 Å². The lowest BCUT2D eigenvalue weighted by Crippen LogP contribution is -2.14. The average Bonchev–Trinajstić information content (AvgIpc) is 2.45. The lowest BCUT2D eigenvalue weighted by atomic mass is 10.1. The molecule has 5 nitrogen and oxygen atoms in total. The molecule has 0 atom stereocenters. The second-order valence-electron chi connectivity index (χ2n) is 4.08. The molecule has 19 heavy (non-hydrogen) atoms. The SMILES string of the molecule is CCCNCc1cc(OC)c(OCCO)c(OC)c1. The van der Waals surface area contributed by atoms with Gasteiger partial charge in [-0.25, -0.2) is 0 Å². The van der Waals surface area contributed by atoms with Gasteiger partial charge in [0.05, 0.1) is 20.8 Å². The highest BCUT2D eigenvalue weighted by Crippen LogP contribution is 2.38. The van der Waals surface area contributed by atoms with E-state index in [-0.39, 0.29) is 13.2 Å². The lowest BCUT2D eigenvalue weighted by Gasteiger charge is -2.16. The van der Waals surface area contributed by atoms with E-state index >= 15 is 0 Å². The third-order valence-corrected chi connectivity index (χ3v) is 2.61. The largest absolute Gasteiger partial charge is 0.493 e. The molecule has 0 aliphatic heterocycles. The maximum absolute atomic E-state index is 8.84. The Morgan fingerprint density at radius 3 is 2.26 bits per heavy atom. The Morgan fingerprint density at radius 2 is 1.79 bits per heavy atom. The van der Waals surface area contributed by atoms with Crippen molar-refractivity contribution in [2.24, 2.45) is 0 Å². The third kappa shape index (κ3) is 4.61. The Bertz CT molecular complexity index is 357. The summed E-state index contributed by atoms with van der Waals surface area (Å²) in [6.07, 6.45) is 1.09. The van der Waals surface area contributed by atoms with E-state index in [0.29, 0.717) is 17.2 Å². The number of rotatable bonds is 9. The van der Waals surface area contributed by atoms with E-state index in [2.05, 4.69) is 12.2 Å². The molecule has 0 aliphatic carbocycles. The van der Waals surface area contributed by atoms with Crippen molar-refractivity contribution in [2.75, 3.05) is 34.0 Å². The van der Waals surface area contributed by atoms with E-state index in [0.717, 1.165) is 25.1 Å². The first-order valence-electron chi connectivity index (χ1n) is 6.46. The molecule has 0 aliphatic rings. The number of nitrogens with one attached hydrogen (secondary N) is 1. The molecular formula is C14H23NO4. The van der Waals surface area contributed by atoms with Crippen LogP contribution >= 0.6 is 0 Å². The van der Waals surface area contributed by atoms with E-state index in [9.17, 15) is 0 Å². The van der Waals surface area contributed by atoms with Gasteiger partial charge < -0.3 is 24.6 Å². The van der Waals surface area contributed by atoms with Gasteiger partial charge >= 0.3 is 0 Å². The van der Waals surface area contributed by atoms with Crippen LogP contribution in [0.15, 0.2) is 12.1 Å². The summed E-state index contributed by atoms with van der Waals surface area (Å²) in [5.74, 6) is 1.75. The van der Waals surface area contributed by atoms with Gasteiger partial charge in [-0.1, -0.05) is 6.92 Å². The van der Waals surface area contributed by atoms with Crippen molar-refractivity contribution in [2.45, 2.75) is 19.9 Å². The molecule has 0 heterocycles. The Kier molecular flexibility index (Phi) is 7.07. The minimum Gasteiger partial charge on any atom is -0.493 e. The molecule has 0 amide bonds. The second kappa shape index (κ2) is 8.61. The van der Waals surface area contributed by atoms with Crippen LogP contribution in [0.3, 0.4) is 0 Å². The van der Waals surface area contributed by atoms with Crippen molar-refractivity contribution in [3.05, 3.63) is 17.7 Å². The summed E-state index contributed by atoms with van der Waals surface area (Å²) < 4.78 is 16.1. The van der Waals surface area contributed by atoms with E-state index in [1.165, 1.54) is 0 Å². The maximum atomic E-state index is 8.84. The van der Waals surface area contributed by atoms with Gasteiger partial charge in [0.15, 0.2) is 11.5 Å². The fourth-order valence-corrected chi connectivity index (χ4v) is 1.74. The summed E-state index contributed by atoms with van der Waals surface area (Å²) in [6.45, 7) is 4.00. The van der Waals surface area contributed by atoms with Gasteiger partial charge in [-0.15, -0.1) is 0 Å². The highest BCUT2D eigenvalue weighted by molar-refractivity contribution is 5.53. The Balaban J connectivity index is 2.91. The molecule has 0 spiro atoms. The fourth-order valence-electron chi connectivity index (χ4n) is 1.74. The minimum absolute atomic E-state index is 0.0495. The molecule has 2 N–H and O–H groups in total. The van der Waals surface area contributed by atoms with Crippen molar-refractivity contribution in [1.82, 2.24) is 5.32 Å². The summed E-state index contributed by atoms with van der Waals surface area (Å²) in [5, 5.41) is 12.2. The van der Waals surface area contributed by atoms with Gasteiger partial charge in [0.1, 0.15) is 6.61 Å². The molecule has 0 radical (unpaired) electrons. The second-order valence-corrected chi connectivity index (χ2v) is 4.08. The van der Waals surface area contributed by atoms with Crippen LogP contribution in [0.25, 0.3) is 0 Å². The van der Waals surface area contributed by atoms with E-state index in [1.54, 1.807) is 14.2 Å². The van der Waals surface area contributed by atoms with Crippen molar-refractivity contribution in [3.8, 4) is 17.2 Å². The molecule has 0 saturated carbocycles. The van der Waals surface area contributed by atoms with Gasteiger partial charge in [0.25, 0.3) is 0 Å². The molecule has 0 saturated heterocycles. The number of hydrogen-bond acceptors (Lipinski definition) is 5. The first-order chi connectivity index (χ1) is 9.26. The number of aliphatic hydroxyl groups is 1. The molecule has 0 aromatic heterocycles. The Morgan fingerprint density at radius 1 is 1.16 bits per heavy atom. The van der Waals surface area contributed by atoms with Crippen molar-refractivity contribution >= 4 is 0 Å². The monoisotopic (exact) mass is 269 g/mol. The van der Waals surface area contributed by atoms with Crippen LogP contribution in [0.2, 0.25) is 0 Å². The molecule has 0 bridgehead atoms. The minimum atomic E-state index is -0.0495. The van der Waals surface area contributed by atoms with Crippen molar-refractivity contribution < 1.29 is 19.3 Å². The smallest absolute Gasteiger partial charge is 0.203 e. The van der Waals surface area contributed by atoms with Gasteiger partial charge in [0.2, 0.25) is 5.75 Å². The number of hydrogen-bond donors (Lipinski definition) is 2. The van der Waals surface area contributed by atoms with Crippen LogP contribution in [-0.4, -0.2) is 39.1 Å². The van der Waals surface area contributed by atoms with E-state index in [1.807, 2.05) is 12.1 Å². The van der Waals surface area contributed by atoms with Gasteiger partial charge in [-0.2, -0.15) is 0 Å². The highest BCUT2D eigenvalue weighted by atomic mass is 16.5. The average molecular weight is 269 g/mol. The summed E-state index contributed by atoms with van der Waals surface area (Å²) in [7, 11) is 3.17. The normalized spacial score (nSPS) is 10.3. The number of benzene rings is 1. The maximum Gasteiger partial charge on any atom is 0.203 e. The molecule has 1 aromatic rings. The summed E-state index contributed by atoms with van der Waals surface area (Å²) in [6, 6.07) is 3.83. The standard InChI is InChI=1S/C14H23NO4/c1-4-5-15-10-11-8-12(17-2)14(19-7-6-16)13(9-11)18-3/h8-9,15-16H,4-7,10H2,1-3H3. The zero-order valence-electron chi connectivity index (χ0n) is 11.9. The van der Waals surface area contributed by atoms with E-state index < -0.39 is 0 Å². The molecule has 1 rings (SSSR count). The molecular weight excluding hydrogens is 246 g/mol. The van der Waals surface area contributed by atoms with Gasteiger partial charge in [-0.3, -0.25) is 0 Å².